The van der Waals surface area contributed by atoms with E-state index >= 15 is 0 Å². The zero-order valence-electron chi connectivity index (χ0n) is 18.2. The van der Waals surface area contributed by atoms with Crippen molar-refractivity contribution in [3.05, 3.63) is 35.4 Å². The van der Waals surface area contributed by atoms with Gasteiger partial charge in [0.15, 0.2) is 5.96 Å². The highest BCUT2D eigenvalue weighted by atomic mass is 16.5. The van der Waals surface area contributed by atoms with Crippen LogP contribution in [0, 0.1) is 5.92 Å². The Morgan fingerprint density at radius 3 is 2.72 bits per heavy atom. The van der Waals surface area contributed by atoms with Crippen LogP contribution in [-0.4, -0.2) is 77.7 Å². The van der Waals surface area contributed by atoms with Crippen molar-refractivity contribution < 1.29 is 18.9 Å². The van der Waals surface area contributed by atoms with Crippen molar-refractivity contribution in [1.29, 1.82) is 0 Å². The van der Waals surface area contributed by atoms with Gasteiger partial charge in [-0.15, -0.1) is 0 Å². The van der Waals surface area contributed by atoms with Crippen LogP contribution in [0.3, 0.4) is 0 Å². The Hall–Kier alpha value is -1.67. The standard InChI is InChI=1S/C22H37N3O4/c1-4-27-12-13-29-17-20-7-5-6-19(14-20)15-24-22(23-2)25-9-8-21(16-25)18-28-11-10-26-3/h5-7,14,21H,4,8-13,15-18H2,1-3H3,(H,23,24). The molecule has 1 aromatic carbocycles. The molecule has 0 aromatic heterocycles. The first kappa shape index (κ1) is 23.6. The summed E-state index contributed by atoms with van der Waals surface area (Å²) in [5, 5.41) is 3.49. The Labute approximate surface area is 175 Å². The Balaban J connectivity index is 1.73. The summed E-state index contributed by atoms with van der Waals surface area (Å²) in [4.78, 5) is 6.77. The van der Waals surface area contributed by atoms with Gasteiger partial charge in [-0.05, 0) is 24.5 Å². The highest BCUT2D eigenvalue weighted by molar-refractivity contribution is 5.80. The molecule has 0 bridgehead atoms. The molecule has 1 unspecified atom stereocenters. The van der Waals surface area contributed by atoms with Crippen molar-refractivity contribution in [1.82, 2.24) is 10.2 Å². The molecule has 7 heteroatoms. The number of likely N-dealkylation sites (tertiary alicyclic amines) is 1. The second-order valence-electron chi connectivity index (χ2n) is 7.14. The number of hydrogen-bond donors (Lipinski definition) is 1. The highest BCUT2D eigenvalue weighted by Crippen LogP contribution is 2.17. The molecule has 0 aliphatic carbocycles. The largest absolute Gasteiger partial charge is 0.382 e. The Morgan fingerprint density at radius 1 is 1.14 bits per heavy atom. The lowest BCUT2D eigenvalue weighted by Crippen LogP contribution is -2.39. The van der Waals surface area contributed by atoms with Crippen molar-refractivity contribution in [2.75, 3.05) is 66.9 Å². The molecule has 29 heavy (non-hydrogen) atoms. The number of nitrogens with one attached hydrogen (secondary N) is 1. The van der Waals surface area contributed by atoms with E-state index in [0.29, 0.717) is 39.0 Å². The molecule has 1 fully saturated rings. The molecule has 1 atom stereocenters. The second-order valence-corrected chi connectivity index (χ2v) is 7.14. The topological polar surface area (TPSA) is 64.6 Å². The Bertz CT molecular complexity index is 597. The van der Waals surface area contributed by atoms with Crippen molar-refractivity contribution in [3.63, 3.8) is 0 Å². The minimum Gasteiger partial charge on any atom is -0.382 e. The van der Waals surface area contributed by atoms with E-state index in [4.69, 9.17) is 18.9 Å². The summed E-state index contributed by atoms with van der Waals surface area (Å²) in [6.45, 7) is 9.39. The zero-order valence-corrected chi connectivity index (χ0v) is 18.2. The average Bonchev–Trinajstić information content (AvgIpc) is 3.21. The first-order chi connectivity index (χ1) is 14.3. The fourth-order valence-electron chi connectivity index (χ4n) is 3.35. The Kier molecular flexibility index (Phi) is 11.7. The van der Waals surface area contributed by atoms with Crippen LogP contribution in [0.4, 0.5) is 0 Å². The number of benzene rings is 1. The maximum atomic E-state index is 5.68. The van der Waals surface area contributed by atoms with Crippen LogP contribution in [0.5, 0.6) is 0 Å². The predicted octanol–water partition coefficient (Wildman–Crippen LogP) is 2.30. The molecule has 0 spiro atoms. The molecule has 1 aliphatic rings. The van der Waals surface area contributed by atoms with E-state index in [9.17, 15) is 0 Å². The molecule has 7 nitrogen and oxygen atoms in total. The molecule has 1 saturated heterocycles. The van der Waals surface area contributed by atoms with Crippen molar-refractivity contribution >= 4 is 5.96 Å². The van der Waals surface area contributed by atoms with Crippen LogP contribution >= 0.6 is 0 Å². The number of aliphatic imine (C=N–C) groups is 1. The van der Waals surface area contributed by atoms with Crippen LogP contribution in [0.2, 0.25) is 0 Å². The quantitative estimate of drug-likeness (QED) is 0.308. The maximum Gasteiger partial charge on any atom is 0.193 e. The molecule has 0 amide bonds. The molecule has 1 heterocycles. The van der Waals surface area contributed by atoms with Gasteiger partial charge in [0.25, 0.3) is 0 Å². The van der Waals surface area contributed by atoms with Gasteiger partial charge in [-0.2, -0.15) is 0 Å². The summed E-state index contributed by atoms with van der Waals surface area (Å²) < 4.78 is 21.7. The van der Waals surface area contributed by atoms with Crippen LogP contribution in [0.15, 0.2) is 29.3 Å². The molecular weight excluding hydrogens is 370 g/mol. The molecule has 0 saturated carbocycles. The van der Waals surface area contributed by atoms with Crippen molar-refractivity contribution in [3.8, 4) is 0 Å². The van der Waals surface area contributed by atoms with Crippen LogP contribution in [0.25, 0.3) is 0 Å². The summed E-state index contributed by atoms with van der Waals surface area (Å²) in [5.41, 5.74) is 2.39. The van der Waals surface area contributed by atoms with E-state index in [2.05, 4.69) is 39.5 Å². The molecule has 164 valence electrons. The number of rotatable bonds is 13. The number of ether oxygens (including phenoxy) is 4. The third kappa shape index (κ3) is 9.12. The van der Waals surface area contributed by atoms with Gasteiger partial charge in [0.2, 0.25) is 0 Å². The van der Waals surface area contributed by atoms with Crippen molar-refractivity contribution in [2.45, 2.75) is 26.5 Å². The fraction of sp³-hybridized carbons (Fsp3) is 0.682. The molecule has 1 aliphatic heterocycles. The summed E-state index contributed by atoms with van der Waals surface area (Å²) in [7, 11) is 3.54. The summed E-state index contributed by atoms with van der Waals surface area (Å²) in [6, 6.07) is 8.47. The van der Waals surface area contributed by atoms with Crippen LogP contribution in [0.1, 0.15) is 24.5 Å². The number of hydrogen-bond acceptors (Lipinski definition) is 5. The van der Waals surface area contributed by atoms with Gasteiger partial charge in [0, 0.05) is 46.3 Å². The van der Waals surface area contributed by atoms with Gasteiger partial charge >= 0.3 is 0 Å². The average molecular weight is 408 g/mol. The summed E-state index contributed by atoms with van der Waals surface area (Å²) >= 11 is 0. The Morgan fingerprint density at radius 2 is 1.93 bits per heavy atom. The first-order valence-corrected chi connectivity index (χ1v) is 10.5. The van der Waals surface area contributed by atoms with Gasteiger partial charge < -0.3 is 29.2 Å². The van der Waals surface area contributed by atoms with E-state index < -0.39 is 0 Å². The SMILES string of the molecule is CCOCCOCc1cccc(CNC(=NC)N2CCC(COCCOC)C2)c1. The lowest BCUT2D eigenvalue weighted by atomic mass is 10.1. The number of methoxy groups -OCH3 is 1. The maximum absolute atomic E-state index is 5.68. The smallest absolute Gasteiger partial charge is 0.193 e. The van der Waals surface area contributed by atoms with Gasteiger partial charge in [-0.25, -0.2) is 0 Å². The predicted molar refractivity (Wildman–Crippen MR) is 115 cm³/mol. The third-order valence-electron chi connectivity index (χ3n) is 4.87. The van der Waals surface area contributed by atoms with Gasteiger partial charge in [-0.1, -0.05) is 24.3 Å². The summed E-state index contributed by atoms with van der Waals surface area (Å²) in [6.07, 6.45) is 1.13. The van der Waals surface area contributed by atoms with Gasteiger partial charge in [0.05, 0.1) is 39.6 Å². The monoisotopic (exact) mass is 407 g/mol. The number of nitrogens with zero attached hydrogens (tertiary/aromatic N) is 2. The number of guanidine groups is 1. The normalized spacial score (nSPS) is 17.1. The first-order valence-electron chi connectivity index (χ1n) is 10.5. The van der Waals surface area contributed by atoms with E-state index in [1.807, 2.05) is 14.0 Å². The van der Waals surface area contributed by atoms with Crippen LogP contribution in [-0.2, 0) is 32.1 Å². The third-order valence-corrected chi connectivity index (χ3v) is 4.87. The van der Waals surface area contributed by atoms with Crippen LogP contribution < -0.4 is 5.32 Å². The molecule has 2 rings (SSSR count). The fourth-order valence-corrected chi connectivity index (χ4v) is 3.35. The minimum absolute atomic E-state index is 0.544. The molecule has 0 radical (unpaired) electrons. The lowest BCUT2D eigenvalue weighted by Gasteiger charge is -2.22. The van der Waals surface area contributed by atoms with Crippen molar-refractivity contribution in [2.24, 2.45) is 10.9 Å². The minimum atomic E-state index is 0.544. The highest BCUT2D eigenvalue weighted by Gasteiger charge is 2.24. The lowest BCUT2D eigenvalue weighted by molar-refractivity contribution is 0.0453. The van der Waals surface area contributed by atoms with Gasteiger partial charge in [0.1, 0.15) is 0 Å². The molecular formula is C22H37N3O4. The second kappa shape index (κ2) is 14.3. The van der Waals surface area contributed by atoms with E-state index in [1.165, 1.54) is 11.1 Å². The van der Waals surface area contributed by atoms with E-state index in [1.54, 1.807) is 7.11 Å². The van der Waals surface area contributed by atoms with E-state index in [0.717, 1.165) is 45.2 Å². The van der Waals surface area contributed by atoms with E-state index in [-0.39, 0.29) is 0 Å². The van der Waals surface area contributed by atoms with Gasteiger partial charge in [-0.3, -0.25) is 4.99 Å². The summed E-state index contributed by atoms with van der Waals surface area (Å²) in [5.74, 6) is 1.49. The molecule has 1 N–H and O–H groups in total. The molecule has 1 aromatic rings. The zero-order chi connectivity index (χ0) is 20.7.